The summed E-state index contributed by atoms with van der Waals surface area (Å²) in [7, 11) is 0. The Morgan fingerprint density at radius 2 is 1.83 bits per heavy atom. The van der Waals surface area contributed by atoms with E-state index in [9.17, 15) is 0 Å². The molecule has 0 aromatic carbocycles. The summed E-state index contributed by atoms with van der Waals surface area (Å²) in [5.41, 5.74) is 12.8. The standard InChI is InChI=1S/C13H21N5/c14-10-7-18(8-10)12-6-11(16-13(15)17-12)9-4-2-1-3-5-9/h6,9-10H,1-5,7-8,14H2,(H2,15,16,17). The summed E-state index contributed by atoms with van der Waals surface area (Å²) in [5, 5.41) is 0. The Balaban J connectivity index is 1.81. The lowest BCUT2D eigenvalue weighted by atomic mass is 9.87. The van der Waals surface area contributed by atoms with Crippen molar-refractivity contribution >= 4 is 11.8 Å². The average Bonchev–Trinajstić information content (AvgIpc) is 2.35. The molecule has 0 amide bonds. The van der Waals surface area contributed by atoms with Gasteiger partial charge < -0.3 is 16.4 Å². The van der Waals surface area contributed by atoms with Gasteiger partial charge in [0.15, 0.2) is 0 Å². The zero-order valence-corrected chi connectivity index (χ0v) is 10.7. The van der Waals surface area contributed by atoms with Gasteiger partial charge in [-0.3, -0.25) is 0 Å². The van der Waals surface area contributed by atoms with Crippen molar-refractivity contribution in [3.8, 4) is 0 Å². The molecule has 3 rings (SSSR count). The van der Waals surface area contributed by atoms with Crippen LogP contribution in [0, 0.1) is 0 Å². The van der Waals surface area contributed by atoms with Gasteiger partial charge in [-0.2, -0.15) is 4.98 Å². The smallest absolute Gasteiger partial charge is 0.222 e. The second kappa shape index (κ2) is 4.72. The Labute approximate surface area is 108 Å². The van der Waals surface area contributed by atoms with Crippen molar-refractivity contribution in [1.82, 2.24) is 9.97 Å². The van der Waals surface area contributed by atoms with Crippen LogP contribution in [0.3, 0.4) is 0 Å². The molecule has 98 valence electrons. The van der Waals surface area contributed by atoms with E-state index in [0.717, 1.165) is 24.6 Å². The molecule has 2 heterocycles. The fourth-order valence-corrected chi connectivity index (χ4v) is 2.94. The van der Waals surface area contributed by atoms with Crippen LogP contribution in [0.4, 0.5) is 11.8 Å². The second-order valence-corrected chi connectivity index (χ2v) is 5.51. The molecule has 4 N–H and O–H groups in total. The minimum atomic E-state index is 0.277. The van der Waals surface area contributed by atoms with Crippen LogP contribution in [0.2, 0.25) is 0 Å². The molecule has 0 bridgehead atoms. The highest BCUT2D eigenvalue weighted by Gasteiger charge is 2.26. The summed E-state index contributed by atoms with van der Waals surface area (Å²) < 4.78 is 0. The number of aromatic nitrogens is 2. The molecule has 18 heavy (non-hydrogen) atoms. The van der Waals surface area contributed by atoms with Crippen LogP contribution in [-0.2, 0) is 0 Å². The van der Waals surface area contributed by atoms with Crippen molar-refractivity contribution in [1.29, 1.82) is 0 Å². The lowest BCUT2D eigenvalue weighted by Crippen LogP contribution is -2.56. The van der Waals surface area contributed by atoms with E-state index in [1.165, 1.54) is 32.1 Å². The van der Waals surface area contributed by atoms with E-state index in [4.69, 9.17) is 11.5 Å². The number of nitrogens with zero attached hydrogens (tertiary/aromatic N) is 3. The molecule has 1 aliphatic heterocycles. The van der Waals surface area contributed by atoms with E-state index in [2.05, 4.69) is 20.9 Å². The summed E-state index contributed by atoms with van der Waals surface area (Å²) >= 11 is 0. The van der Waals surface area contributed by atoms with Crippen LogP contribution in [0.1, 0.15) is 43.7 Å². The van der Waals surface area contributed by atoms with Crippen LogP contribution in [0.5, 0.6) is 0 Å². The van der Waals surface area contributed by atoms with E-state index < -0.39 is 0 Å². The zero-order valence-electron chi connectivity index (χ0n) is 10.7. The first-order chi connectivity index (χ1) is 8.72. The average molecular weight is 247 g/mol. The summed E-state index contributed by atoms with van der Waals surface area (Å²) in [5.74, 6) is 1.91. The number of nitrogens with two attached hydrogens (primary N) is 2. The molecular weight excluding hydrogens is 226 g/mol. The first-order valence-corrected chi connectivity index (χ1v) is 6.87. The maximum absolute atomic E-state index is 5.84. The third-order valence-corrected chi connectivity index (χ3v) is 4.01. The molecule has 1 aliphatic carbocycles. The molecule has 2 aliphatic rings. The van der Waals surface area contributed by atoms with E-state index >= 15 is 0 Å². The van der Waals surface area contributed by atoms with Gasteiger partial charge in [0, 0.05) is 31.1 Å². The van der Waals surface area contributed by atoms with Crippen LogP contribution in [-0.4, -0.2) is 29.1 Å². The van der Waals surface area contributed by atoms with Crippen molar-refractivity contribution in [2.45, 2.75) is 44.1 Å². The van der Waals surface area contributed by atoms with Crippen LogP contribution >= 0.6 is 0 Å². The first kappa shape index (κ1) is 11.7. The highest BCUT2D eigenvalue weighted by atomic mass is 15.3. The molecule has 0 spiro atoms. The Hall–Kier alpha value is -1.36. The largest absolute Gasteiger partial charge is 0.368 e. The van der Waals surface area contributed by atoms with Crippen LogP contribution < -0.4 is 16.4 Å². The highest BCUT2D eigenvalue weighted by molar-refractivity contribution is 5.47. The Kier molecular flexibility index (Phi) is 3.07. The van der Waals surface area contributed by atoms with Crippen molar-refractivity contribution in [2.24, 2.45) is 5.73 Å². The number of hydrogen-bond acceptors (Lipinski definition) is 5. The molecule has 1 aromatic heterocycles. The third-order valence-electron chi connectivity index (χ3n) is 4.01. The van der Waals surface area contributed by atoms with E-state index in [1.54, 1.807) is 0 Å². The summed E-state index contributed by atoms with van der Waals surface area (Å²) in [4.78, 5) is 10.9. The van der Waals surface area contributed by atoms with E-state index in [0.29, 0.717) is 11.9 Å². The molecule has 1 aromatic rings. The van der Waals surface area contributed by atoms with Crippen LogP contribution in [0.25, 0.3) is 0 Å². The Bertz CT molecular complexity index is 421. The summed E-state index contributed by atoms with van der Waals surface area (Å²) in [6, 6.07) is 2.39. The first-order valence-electron chi connectivity index (χ1n) is 6.87. The van der Waals surface area contributed by atoms with Gasteiger partial charge >= 0.3 is 0 Å². The second-order valence-electron chi connectivity index (χ2n) is 5.51. The molecule has 0 atom stereocenters. The van der Waals surface area contributed by atoms with Gasteiger partial charge in [0.1, 0.15) is 5.82 Å². The minimum Gasteiger partial charge on any atom is -0.368 e. The van der Waals surface area contributed by atoms with Gasteiger partial charge in [-0.1, -0.05) is 19.3 Å². The van der Waals surface area contributed by atoms with Gasteiger partial charge in [-0.05, 0) is 12.8 Å². The summed E-state index contributed by atoms with van der Waals surface area (Å²) in [6.45, 7) is 1.75. The van der Waals surface area contributed by atoms with E-state index in [1.807, 2.05) is 0 Å². The molecular formula is C13H21N5. The molecule has 1 saturated heterocycles. The number of anilines is 2. The maximum Gasteiger partial charge on any atom is 0.222 e. The fraction of sp³-hybridized carbons (Fsp3) is 0.692. The lowest BCUT2D eigenvalue weighted by Gasteiger charge is -2.38. The van der Waals surface area contributed by atoms with Gasteiger partial charge in [0.25, 0.3) is 0 Å². The van der Waals surface area contributed by atoms with Gasteiger partial charge in [-0.15, -0.1) is 0 Å². The SMILES string of the molecule is Nc1nc(C2CCCCC2)cc(N2CC(N)C2)n1. The van der Waals surface area contributed by atoms with Crippen molar-refractivity contribution in [2.75, 3.05) is 23.7 Å². The van der Waals surface area contributed by atoms with Gasteiger partial charge in [0.05, 0.1) is 5.69 Å². The van der Waals surface area contributed by atoms with Crippen molar-refractivity contribution < 1.29 is 0 Å². The predicted molar refractivity (Wildman–Crippen MR) is 72.5 cm³/mol. The monoisotopic (exact) mass is 247 g/mol. The van der Waals surface area contributed by atoms with Crippen LogP contribution in [0.15, 0.2) is 6.07 Å². The molecule has 5 nitrogen and oxygen atoms in total. The predicted octanol–water partition coefficient (Wildman–Crippen LogP) is 1.25. The molecule has 1 saturated carbocycles. The lowest BCUT2D eigenvalue weighted by molar-refractivity contribution is 0.436. The molecule has 5 heteroatoms. The maximum atomic E-state index is 5.84. The van der Waals surface area contributed by atoms with E-state index in [-0.39, 0.29) is 6.04 Å². The molecule has 0 unspecified atom stereocenters. The normalized spacial score (nSPS) is 21.9. The zero-order chi connectivity index (χ0) is 12.5. The molecule has 0 radical (unpaired) electrons. The molecule has 2 fully saturated rings. The highest BCUT2D eigenvalue weighted by Crippen LogP contribution is 2.33. The number of rotatable bonds is 2. The minimum absolute atomic E-state index is 0.277. The number of nitrogen functional groups attached to an aromatic ring is 1. The fourth-order valence-electron chi connectivity index (χ4n) is 2.94. The number of hydrogen-bond donors (Lipinski definition) is 2. The van der Waals surface area contributed by atoms with Crippen molar-refractivity contribution in [3.05, 3.63) is 11.8 Å². The third kappa shape index (κ3) is 2.27. The Morgan fingerprint density at radius 1 is 1.11 bits per heavy atom. The van der Waals surface area contributed by atoms with Gasteiger partial charge in [0.2, 0.25) is 5.95 Å². The topological polar surface area (TPSA) is 81.1 Å². The summed E-state index contributed by atoms with van der Waals surface area (Å²) in [6.07, 6.45) is 6.42. The van der Waals surface area contributed by atoms with Crippen molar-refractivity contribution in [3.63, 3.8) is 0 Å². The quantitative estimate of drug-likeness (QED) is 0.822. The van der Waals surface area contributed by atoms with Gasteiger partial charge in [-0.25, -0.2) is 4.98 Å². The Morgan fingerprint density at radius 3 is 2.50 bits per heavy atom.